The Morgan fingerprint density at radius 1 is 1.12 bits per heavy atom. The number of rotatable bonds is 5. The molecule has 0 unspecified atom stereocenters. The van der Waals surface area contributed by atoms with Crippen molar-refractivity contribution in [2.24, 2.45) is 0 Å². The number of aryl methyl sites for hydroxylation is 1. The Balaban J connectivity index is 1.47. The van der Waals surface area contributed by atoms with Crippen molar-refractivity contribution in [1.82, 2.24) is 10.2 Å². The Morgan fingerprint density at radius 3 is 2.54 bits per heavy atom. The van der Waals surface area contributed by atoms with Crippen LogP contribution < -0.4 is 10.2 Å². The van der Waals surface area contributed by atoms with Crippen molar-refractivity contribution < 1.29 is 14.4 Å². The first kappa shape index (κ1) is 18.4. The number of nitrogens with zero attached hydrogens (tertiary/aromatic N) is 2. The first-order valence-corrected chi connectivity index (χ1v) is 9.48. The maximum absolute atomic E-state index is 12.5. The van der Waals surface area contributed by atoms with Crippen LogP contribution in [0.5, 0.6) is 0 Å². The molecule has 0 radical (unpaired) electrons. The minimum Gasteiger partial charge on any atom is -0.353 e. The van der Waals surface area contributed by atoms with Crippen LogP contribution in [-0.4, -0.2) is 48.3 Å². The normalized spacial score (nSPS) is 18.3. The van der Waals surface area contributed by atoms with Gasteiger partial charge in [0, 0.05) is 37.7 Å². The van der Waals surface area contributed by atoms with E-state index in [4.69, 9.17) is 0 Å². The van der Waals surface area contributed by atoms with Gasteiger partial charge in [0.05, 0.1) is 0 Å². The first-order valence-electron chi connectivity index (χ1n) is 9.48. The molecule has 2 fully saturated rings. The summed E-state index contributed by atoms with van der Waals surface area (Å²) in [7, 11) is 0. The number of anilines is 1. The van der Waals surface area contributed by atoms with Gasteiger partial charge in [-0.3, -0.25) is 14.4 Å². The quantitative estimate of drug-likeness (QED) is 0.876. The summed E-state index contributed by atoms with van der Waals surface area (Å²) >= 11 is 0. The average Bonchev–Trinajstić information content (AvgIpc) is 3.13. The van der Waals surface area contributed by atoms with E-state index in [1.165, 1.54) is 0 Å². The number of hydrogen-bond acceptors (Lipinski definition) is 3. The number of benzene rings is 1. The van der Waals surface area contributed by atoms with E-state index >= 15 is 0 Å². The number of piperazine rings is 1. The molecule has 1 aliphatic heterocycles. The standard InChI is InChI=1S/C20H27N3O3/c1-15-6-2-5-9-17(15)23-13-12-22(14-20(23)26)19(25)11-10-18(24)21-16-7-3-4-8-16/h2,5-6,9,16H,3-4,7-8,10-14H2,1H3,(H,21,24). The first-order chi connectivity index (χ1) is 12.5. The number of carbonyl (C=O) groups is 3. The van der Waals surface area contributed by atoms with Crippen LogP contribution >= 0.6 is 0 Å². The van der Waals surface area contributed by atoms with Crippen molar-refractivity contribution in [2.75, 3.05) is 24.5 Å². The molecule has 3 amide bonds. The van der Waals surface area contributed by atoms with Gasteiger partial charge in [-0.05, 0) is 31.4 Å². The summed E-state index contributed by atoms with van der Waals surface area (Å²) in [6.45, 7) is 3.05. The number of carbonyl (C=O) groups excluding carboxylic acids is 3. The summed E-state index contributed by atoms with van der Waals surface area (Å²) in [5.41, 5.74) is 1.95. The minimum absolute atomic E-state index is 0.0601. The number of amides is 3. The van der Waals surface area contributed by atoms with Gasteiger partial charge < -0.3 is 15.1 Å². The molecule has 1 aromatic carbocycles. The smallest absolute Gasteiger partial charge is 0.246 e. The number of hydrogen-bond donors (Lipinski definition) is 1. The van der Waals surface area contributed by atoms with Crippen molar-refractivity contribution in [3.05, 3.63) is 29.8 Å². The zero-order chi connectivity index (χ0) is 18.5. The van der Waals surface area contributed by atoms with Crippen molar-refractivity contribution in [1.29, 1.82) is 0 Å². The van der Waals surface area contributed by atoms with Gasteiger partial charge in [0.1, 0.15) is 6.54 Å². The molecule has 1 heterocycles. The van der Waals surface area contributed by atoms with Crippen LogP contribution in [0.4, 0.5) is 5.69 Å². The third-order valence-corrected chi connectivity index (χ3v) is 5.27. The fourth-order valence-electron chi connectivity index (χ4n) is 3.76. The van der Waals surface area contributed by atoms with Gasteiger partial charge in [0.2, 0.25) is 17.7 Å². The Hall–Kier alpha value is -2.37. The van der Waals surface area contributed by atoms with E-state index in [9.17, 15) is 14.4 Å². The highest BCUT2D eigenvalue weighted by Crippen LogP contribution is 2.22. The van der Waals surface area contributed by atoms with Crippen LogP contribution in [0.1, 0.15) is 44.1 Å². The SMILES string of the molecule is Cc1ccccc1N1CCN(C(=O)CCC(=O)NC2CCCC2)CC1=O. The highest BCUT2D eigenvalue weighted by molar-refractivity contribution is 5.98. The fourth-order valence-corrected chi connectivity index (χ4v) is 3.76. The summed E-state index contributed by atoms with van der Waals surface area (Å²) in [5, 5.41) is 3.00. The third kappa shape index (κ3) is 4.42. The van der Waals surface area contributed by atoms with Gasteiger partial charge >= 0.3 is 0 Å². The topological polar surface area (TPSA) is 69.7 Å². The van der Waals surface area contributed by atoms with E-state index in [0.29, 0.717) is 13.1 Å². The lowest BCUT2D eigenvalue weighted by Crippen LogP contribution is -2.52. The highest BCUT2D eigenvalue weighted by atomic mass is 16.2. The molecule has 0 bridgehead atoms. The summed E-state index contributed by atoms with van der Waals surface area (Å²) in [6, 6.07) is 8.04. The van der Waals surface area contributed by atoms with E-state index in [1.807, 2.05) is 31.2 Å². The van der Waals surface area contributed by atoms with E-state index in [2.05, 4.69) is 5.32 Å². The second kappa shape index (κ2) is 8.34. The molecule has 1 N–H and O–H groups in total. The largest absolute Gasteiger partial charge is 0.353 e. The lowest BCUT2D eigenvalue weighted by atomic mass is 10.1. The van der Waals surface area contributed by atoms with Crippen LogP contribution in [0.2, 0.25) is 0 Å². The molecule has 1 aliphatic carbocycles. The molecule has 0 spiro atoms. The van der Waals surface area contributed by atoms with Crippen LogP contribution in [0, 0.1) is 6.92 Å². The van der Waals surface area contributed by atoms with E-state index in [0.717, 1.165) is 36.9 Å². The molecular formula is C20H27N3O3. The molecule has 6 nitrogen and oxygen atoms in total. The second-order valence-corrected chi connectivity index (χ2v) is 7.20. The molecule has 26 heavy (non-hydrogen) atoms. The summed E-state index contributed by atoms with van der Waals surface area (Å²) in [4.78, 5) is 40.1. The second-order valence-electron chi connectivity index (χ2n) is 7.20. The predicted molar refractivity (Wildman–Crippen MR) is 99.7 cm³/mol. The summed E-state index contributed by atoms with van der Waals surface area (Å²) < 4.78 is 0. The van der Waals surface area contributed by atoms with Gasteiger partial charge in [-0.15, -0.1) is 0 Å². The molecule has 1 aromatic rings. The zero-order valence-electron chi connectivity index (χ0n) is 15.4. The maximum Gasteiger partial charge on any atom is 0.246 e. The van der Waals surface area contributed by atoms with Crippen molar-refractivity contribution in [3.8, 4) is 0 Å². The monoisotopic (exact) mass is 357 g/mol. The van der Waals surface area contributed by atoms with Gasteiger partial charge in [-0.1, -0.05) is 31.0 Å². The van der Waals surface area contributed by atoms with Crippen LogP contribution in [0.15, 0.2) is 24.3 Å². The van der Waals surface area contributed by atoms with Gasteiger partial charge in [0.15, 0.2) is 0 Å². The number of nitrogens with one attached hydrogen (secondary N) is 1. The van der Waals surface area contributed by atoms with Crippen LogP contribution in [0.3, 0.4) is 0 Å². The lowest BCUT2D eigenvalue weighted by molar-refractivity contribution is -0.138. The Kier molecular flexibility index (Phi) is 5.91. The molecule has 1 saturated heterocycles. The van der Waals surface area contributed by atoms with Crippen molar-refractivity contribution in [2.45, 2.75) is 51.5 Å². The Morgan fingerprint density at radius 2 is 1.85 bits per heavy atom. The van der Waals surface area contributed by atoms with Crippen molar-refractivity contribution >= 4 is 23.4 Å². The lowest BCUT2D eigenvalue weighted by Gasteiger charge is -2.35. The highest BCUT2D eigenvalue weighted by Gasteiger charge is 2.28. The van der Waals surface area contributed by atoms with E-state index in [-0.39, 0.29) is 43.1 Å². The van der Waals surface area contributed by atoms with E-state index in [1.54, 1.807) is 9.80 Å². The Labute approximate surface area is 154 Å². The molecule has 0 aromatic heterocycles. The molecule has 0 atom stereocenters. The van der Waals surface area contributed by atoms with Gasteiger partial charge in [-0.2, -0.15) is 0 Å². The molecular weight excluding hydrogens is 330 g/mol. The fraction of sp³-hybridized carbons (Fsp3) is 0.550. The Bertz CT molecular complexity index is 683. The predicted octanol–water partition coefficient (Wildman–Crippen LogP) is 2.01. The molecule has 140 valence electrons. The third-order valence-electron chi connectivity index (χ3n) is 5.27. The van der Waals surface area contributed by atoms with Gasteiger partial charge in [0.25, 0.3) is 0 Å². The molecule has 3 rings (SSSR count). The minimum atomic E-state index is -0.121. The van der Waals surface area contributed by atoms with E-state index < -0.39 is 0 Å². The molecule has 6 heteroatoms. The average molecular weight is 357 g/mol. The molecule has 2 aliphatic rings. The van der Waals surface area contributed by atoms with Crippen LogP contribution in [0.25, 0.3) is 0 Å². The van der Waals surface area contributed by atoms with Crippen LogP contribution in [-0.2, 0) is 14.4 Å². The zero-order valence-corrected chi connectivity index (χ0v) is 15.4. The molecule has 1 saturated carbocycles. The van der Waals surface area contributed by atoms with Crippen molar-refractivity contribution in [3.63, 3.8) is 0 Å². The van der Waals surface area contributed by atoms with Gasteiger partial charge in [-0.25, -0.2) is 0 Å². The maximum atomic E-state index is 12.5. The summed E-state index contributed by atoms with van der Waals surface area (Å²) in [6.07, 6.45) is 4.76. The summed E-state index contributed by atoms with van der Waals surface area (Å²) in [5.74, 6) is -0.256. The number of para-hydroxylation sites is 1.